The zero-order valence-corrected chi connectivity index (χ0v) is 17.3. The molecule has 124 valence electrons. The Kier molecular flexibility index (Phi) is 9.74. The van der Waals surface area contributed by atoms with Crippen LogP contribution in [0.15, 0.2) is 27.7 Å². The van der Waals surface area contributed by atoms with Crippen molar-refractivity contribution in [2.45, 2.75) is 24.5 Å². The molecule has 0 aromatic heterocycles. The highest BCUT2D eigenvalue weighted by Gasteiger charge is 2.15. The van der Waals surface area contributed by atoms with Gasteiger partial charge in [0.15, 0.2) is 5.96 Å². The van der Waals surface area contributed by atoms with Crippen molar-refractivity contribution in [3.05, 3.63) is 34.1 Å². The molecule has 1 aliphatic heterocycles. The number of guanidine groups is 1. The van der Waals surface area contributed by atoms with E-state index < -0.39 is 0 Å². The van der Waals surface area contributed by atoms with Crippen LogP contribution in [0.2, 0.25) is 0 Å². The third kappa shape index (κ3) is 6.62. The van der Waals surface area contributed by atoms with E-state index in [1.807, 2.05) is 17.8 Å². The molecule has 1 heterocycles. The van der Waals surface area contributed by atoms with Crippen molar-refractivity contribution in [1.29, 1.82) is 0 Å². The van der Waals surface area contributed by atoms with Crippen molar-refractivity contribution in [3.8, 4) is 0 Å². The minimum Gasteiger partial charge on any atom is -0.356 e. The zero-order chi connectivity index (χ0) is 15.1. The zero-order valence-electron chi connectivity index (χ0n) is 12.6. The molecule has 3 nitrogen and oxygen atoms in total. The second-order valence-electron chi connectivity index (χ2n) is 5.00. The van der Waals surface area contributed by atoms with Crippen LogP contribution < -0.4 is 10.6 Å². The molecule has 0 saturated carbocycles. The summed E-state index contributed by atoms with van der Waals surface area (Å²) in [6, 6.07) is 5.03. The normalized spacial score (nSPS) is 18.0. The summed E-state index contributed by atoms with van der Waals surface area (Å²) in [5, 5.41) is 7.26. The predicted octanol–water partition coefficient (Wildman–Crippen LogP) is 3.81. The minimum absolute atomic E-state index is 0. The van der Waals surface area contributed by atoms with Gasteiger partial charge < -0.3 is 10.6 Å². The molecule has 2 rings (SSSR count). The molecule has 1 unspecified atom stereocenters. The van der Waals surface area contributed by atoms with Crippen LogP contribution in [0.1, 0.15) is 18.4 Å². The number of rotatable bonds is 5. The van der Waals surface area contributed by atoms with E-state index in [0.717, 1.165) is 17.0 Å². The highest BCUT2D eigenvalue weighted by molar-refractivity contribution is 14.0. The van der Waals surface area contributed by atoms with Gasteiger partial charge in [-0.3, -0.25) is 4.99 Å². The lowest BCUT2D eigenvalue weighted by molar-refractivity contribution is 0.606. The first-order valence-corrected chi connectivity index (χ1v) is 9.03. The molecule has 1 aliphatic rings. The average Bonchev–Trinajstić information content (AvgIpc) is 2.99. The lowest BCUT2D eigenvalue weighted by Gasteiger charge is -2.15. The van der Waals surface area contributed by atoms with E-state index in [9.17, 15) is 4.39 Å². The van der Waals surface area contributed by atoms with E-state index in [2.05, 4.69) is 31.6 Å². The molecule has 0 aliphatic carbocycles. The predicted molar refractivity (Wildman–Crippen MR) is 108 cm³/mol. The monoisotopic (exact) mass is 501 g/mol. The smallest absolute Gasteiger partial charge is 0.191 e. The SMILES string of the molecule is CN=C(NCCc1cc(Br)ccc1F)NCC1CCCS1.I. The molecule has 7 heteroatoms. The second-order valence-corrected chi connectivity index (χ2v) is 7.32. The van der Waals surface area contributed by atoms with Crippen LogP contribution in [0.3, 0.4) is 0 Å². The lowest BCUT2D eigenvalue weighted by atomic mass is 10.1. The topological polar surface area (TPSA) is 36.4 Å². The van der Waals surface area contributed by atoms with Gasteiger partial charge in [-0.05, 0) is 48.8 Å². The van der Waals surface area contributed by atoms with Crippen LogP contribution in [0.4, 0.5) is 4.39 Å². The Balaban J connectivity index is 0.00000242. The molecule has 1 aromatic rings. The second kappa shape index (κ2) is 10.7. The summed E-state index contributed by atoms with van der Waals surface area (Å²) < 4.78 is 14.5. The molecule has 1 atom stereocenters. The van der Waals surface area contributed by atoms with E-state index in [1.165, 1.54) is 24.7 Å². The van der Waals surface area contributed by atoms with Crippen LogP contribution >= 0.6 is 51.7 Å². The fourth-order valence-electron chi connectivity index (χ4n) is 2.29. The fourth-order valence-corrected chi connectivity index (χ4v) is 3.90. The first kappa shape index (κ1) is 20.0. The van der Waals surface area contributed by atoms with Crippen LogP contribution in [0.25, 0.3) is 0 Å². The highest BCUT2D eigenvalue weighted by atomic mass is 127. The van der Waals surface area contributed by atoms with Gasteiger partial charge in [-0.1, -0.05) is 15.9 Å². The van der Waals surface area contributed by atoms with E-state index in [-0.39, 0.29) is 29.8 Å². The maximum absolute atomic E-state index is 13.6. The highest BCUT2D eigenvalue weighted by Crippen LogP contribution is 2.25. The van der Waals surface area contributed by atoms with Crippen LogP contribution in [-0.2, 0) is 6.42 Å². The fraction of sp³-hybridized carbons (Fsp3) is 0.533. The molecule has 0 radical (unpaired) electrons. The van der Waals surface area contributed by atoms with Gasteiger partial charge in [0.25, 0.3) is 0 Å². The Morgan fingerprint density at radius 2 is 2.27 bits per heavy atom. The maximum Gasteiger partial charge on any atom is 0.191 e. The van der Waals surface area contributed by atoms with Crippen molar-refractivity contribution in [1.82, 2.24) is 10.6 Å². The largest absolute Gasteiger partial charge is 0.356 e. The Bertz CT molecular complexity index is 496. The van der Waals surface area contributed by atoms with Gasteiger partial charge in [0.2, 0.25) is 0 Å². The van der Waals surface area contributed by atoms with Gasteiger partial charge in [0, 0.05) is 29.9 Å². The Morgan fingerprint density at radius 3 is 2.95 bits per heavy atom. The third-order valence-corrected chi connectivity index (χ3v) is 5.33. The Labute approximate surface area is 161 Å². The average molecular weight is 502 g/mol. The lowest BCUT2D eigenvalue weighted by Crippen LogP contribution is -2.41. The number of aliphatic imine (C=N–C) groups is 1. The number of hydrogen-bond acceptors (Lipinski definition) is 2. The summed E-state index contributed by atoms with van der Waals surface area (Å²) in [6.07, 6.45) is 3.22. The van der Waals surface area contributed by atoms with Gasteiger partial charge in [-0.2, -0.15) is 11.8 Å². The summed E-state index contributed by atoms with van der Waals surface area (Å²) in [6.45, 7) is 1.60. The van der Waals surface area contributed by atoms with Crippen molar-refractivity contribution >= 4 is 57.6 Å². The quantitative estimate of drug-likeness (QED) is 0.366. The van der Waals surface area contributed by atoms with Gasteiger partial charge >= 0.3 is 0 Å². The van der Waals surface area contributed by atoms with Crippen molar-refractivity contribution in [2.24, 2.45) is 4.99 Å². The minimum atomic E-state index is -0.162. The number of thioether (sulfide) groups is 1. The first-order valence-electron chi connectivity index (χ1n) is 7.19. The molecule has 2 N–H and O–H groups in total. The number of hydrogen-bond donors (Lipinski definition) is 2. The van der Waals surface area contributed by atoms with Gasteiger partial charge in [0.05, 0.1) is 0 Å². The molecule has 22 heavy (non-hydrogen) atoms. The molecule has 0 spiro atoms. The van der Waals surface area contributed by atoms with E-state index in [1.54, 1.807) is 13.1 Å². The van der Waals surface area contributed by atoms with Crippen molar-refractivity contribution in [2.75, 3.05) is 25.9 Å². The Hall–Kier alpha value is -0.0200. The molecule has 1 saturated heterocycles. The number of halogens is 3. The third-order valence-electron chi connectivity index (χ3n) is 3.44. The summed E-state index contributed by atoms with van der Waals surface area (Å²) in [7, 11) is 1.76. The van der Waals surface area contributed by atoms with E-state index >= 15 is 0 Å². The number of nitrogens with zero attached hydrogens (tertiary/aromatic N) is 1. The van der Waals surface area contributed by atoms with E-state index in [4.69, 9.17) is 0 Å². The van der Waals surface area contributed by atoms with Crippen LogP contribution in [-0.4, -0.2) is 37.1 Å². The van der Waals surface area contributed by atoms with Crippen LogP contribution in [0.5, 0.6) is 0 Å². The molecule has 0 amide bonds. The molecule has 1 fully saturated rings. The summed E-state index contributed by atoms with van der Waals surface area (Å²) in [5.74, 6) is 1.89. The molecule has 1 aromatic carbocycles. The van der Waals surface area contributed by atoms with Gasteiger partial charge in [-0.15, -0.1) is 24.0 Å². The van der Waals surface area contributed by atoms with Crippen molar-refractivity contribution < 1.29 is 4.39 Å². The molecular weight excluding hydrogens is 480 g/mol. The molecule has 0 bridgehead atoms. The van der Waals surface area contributed by atoms with Crippen molar-refractivity contribution in [3.63, 3.8) is 0 Å². The summed E-state index contributed by atoms with van der Waals surface area (Å²) in [5.41, 5.74) is 0.707. The van der Waals surface area contributed by atoms with Crippen LogP contribution in [0, 0.1) is 5.82 Å². The first-order chi connectivity index (χ1) is 10.2. The Morgan fingerprint density at radius 1 is 1.45 bits per heavy atom. The summed E-state index contributed by atoms with van der Waals surface area (Å²) >= 11 is 5.39. The number of nitrogens with one attached hydrogen (secondary N) is 2. The molecular formula is C15H22BrFIN3S. The number of benzene rings is 1. The maximum atomic E-state index is 13.6. The van der Waals surface area contributed by atoms with E-state index in [0.29, 0.717) is 23.8 Å². The van der Waals surface area contributed by atoms with Gasteiger partial charge in [-0.25, -0.2) is 4.39 Å². The summed E-state index contributed by atoms with van der Waals surface area (Å²) in [4.78, 5) is 4.20. The standard InChI is InChI=1S/C15H21BrFN3S.HI/c1-18-15(20-10-13-3-2-8-21-13)19-7-6-11-9-12(16)4-5-14(11)17;/h4-5,9,13H,2-3,6-8,10H2,1H3,(H2,18,19,20);1H. The van der Waals surface area contributed by atoms with Gasteiger partial charge in [0.1, 0.15) is 5.82 Å².